The third-order valence-electron chi connectivity index (χ3n) is 4.70. The Kier molecular flexibility index (Phi) is 5.59. The van der Waals surface area contributed by atoms with Crippen LogP contribution in [0.15, 0.2) is 73.3 Å². The Hall–Kier alpha value is -3.41. The molecule has 0 aliphatic carbocycles. The van der Waals surface area contributed by atoms with Crippen molar-refractivity contribution in [1.82, 2.24) is 0 Å². The van der Waals surface area contributed by atoms with Crippen molar-refractivity contribution in [1.29, 1.82) is 0 Å². The summed E-state index contributed by atoms with van der Waals surface area (Å²) in [6.07, 6.45) is 0.419. The van der Waals surface area contributed by atoms with Crippen LogP contribution in [0, 0.1) is 5.92 Å². The zero-order chi connectivity index (χ0) is 20.1. The summed E-state index contributed by atoms with van der Waals surface area (Å²) in [6.45, 7) is 4.97. The highest BCUT2D eigenvalue weighted by Crippen LogP contribution is 2.37. The van der Waals surface area contributed by atoms with Gasteiger partial charge in [-0.15, -0.1) is 6.58 Å². The molecule has 144 valence electrons. The Bertz CT molecular complexity index is 876. The van der Waals surface area contributed by atoms with Crippen LogP contribution in [0.2, 0.25) is 0 Å². The molecule has 1 aliphatic heterocycles. The number of hydrogen-bond donors (Lipinski definition) is 0. The van der Waals surface area contributed by atoms with E-state index < -0.39 is 35.5 Å². The second-order valence-electron chi connectivity index (χ2n) is 6.54. The van der Waals surface area contributed by atoms with Crippen LogP contribution in [0.4, 0.5) is 0 Å². The van der Waals surface area contributed by atoms with Crippen LogP contribution >= 0.6 is 0 Å². The molecule has 1 saturated heterocycles. The number of carbonyl (C=O) groups is 3. The van der Waals surface area contributed by atoms with Gasteiger partial charge in [0.25, 0.3) is 0 Å². The number of cyclic esters (lactones) is 1. The van der Waals surface area contributed by atoms with Crippen LogP contribution in [0.1, 0.15) is 27.6 Å². The Labute approximate surface area is 162 Å². The van der Waals surface area contributed by atoms with Gasteiger partial charge >= 0.3 is 17.9 Å². The fourth-order valence-corrected chi connectivity index (χ4v) is 3.07. The van der Waals surface area contributed by atoms with Gasteiger partial charge in [-0.3, -0.25) is 4.79 Å². The normalized spacial score (nSPS) is 23.5. The molecule has 28 heavy (non-hydrogen) atoms. The maximum absolute atomic E-state index is 12.5. The van der Waals surface area contributed by atoms with Crippen molar-refractivity contribution >= 4 is 17.9 Å². The van der Waals surface area contributed by atoms with Crippen molar-refractivity contribution in [3.63, 3.8) is 0 Å². The standard InChI is InChI=1S/C22H20O6/c1-3-17-21(25)27-18(14-26-19(23)15-10-6-4-7-11-15)22(17,2)28-20(24)16-12-8-5-9-13-16/h3-13,17-18H,1,14H2,2H3/t17-,18+,22-/m0/s1. The number of hydrogen-bond acceptors (Lipinski definition) is 6. The third-order valence-corrected chi connectivity index (χ3v) is 4.70. The molecule has 1 heterocycles. The third kappa shape index (κ3) is 3.81. The molecule has 0 N–H and O–H groups in total. The molecule has 1 aliphatic rings. The highest BCUT2D eigenvalue weighted by Gasteiger charge is 2.56. The zero-order valence-electron chi connectivity index (χ0n) is 15.4. The van der Waals surface area contributed by atoms with Crippen LogP contribution < -0.4 is 0 Å². The van der Waals surface area contributed by atoms with E-state index in [2.05, 4.69) is 6.58 Å². The Morgan fingerprint density at radius 2 is 1.57 bits per heavy atom. The Morgan fingerprint density at radius 1 is 1.04 bits per heavy atom. The lowest BCUT2D eigenvalue weighted by Gasteiger charge is -2.31. The van der Waals surface area contributed by atoms with Gasteiger partial charge in [0.05, 0.1) is 11.1 Å². The lowest BCUT2D eigenvalue weighted by atomic mass is 9.87. The van der Waals surface area contributed by atoms with Crippen molar-refractivity contribution in [2.45, 2.75) is 18.6 Å². The monoisotopic (exact) mass is 380 g/mol. The molecule has 0 saturated carbocycles. The van der Waals surface area contributed by atoms with E-state index in [1.54, 1.807) is 67.6 Å². The molecule has 0 bridgehead atoms. The maximum atomic E-state index is 12.5. The SMILES string of the molecule is C=C[C@H]1C(=O)O[C@H](COC(=O)c2ccccc2)[C@@]1(C)OC(=O)c1ccccc1. The van der Waals surface area contributed by atoms with Crippen LogP contribution in [0.25, 0.3) is 0 Å². The van der Waals surface area contributed by atoms with Crippen LogP contribution in [-0.4, -0.2) is 36.2 Å². The minimum Gasteiger partial charge on any atom is -0.458 e. The average molecular weight is 380 g/mol. The molecule has 0 spiro atoms. The molecular formula is C22H20O6. The van der Waals surface area contributed by atoms with Gasteiger partial charge in [0.2, 0.25) is 0 Å². The minimum absolute atomic E-state index is 0.248. The average Bonchev–Trinajstić information content (AvgIpc) is 2.96. The number of esters is 3. The molecule has 3 rings (SSSR count). The van der Waals surface area contributed by atoms with Gasteiger partial charge in [-0.2, -0.15) is 0 Å². The first-order valence-corrected chi connectivity index (χ1v) is 8.79. The molecule has 0 unspecified atom stereocenters. The molecule has 2 aromatic rings. The van der Waals surface area contributed by atoms with Crippen molar-refractivity contribution < 1.29 is 28.6 Å². The van der Waals surface area contributed by atoms with E-state index in [1.165, 1.54) is 6.08 Å². The fourth-order valence-electron chi connectivity index (χ4n) is 3.07. The highest BCUT2D eigenvalue weighted by atomic mass is 16.6. The highest BCUT2D eigenvalue weighted by molar-refractivity contribution is 5.91. The van der Waals surface area contributed by atoms with Crippen molar-refractivity contribution in [3.8, 4) is 0 Å². The van der Waals surface area contributed by atoms with Crippen molar-refractivity contribution in [2.75, 3.05) is 6.61 Å². The van der Waals surface area contributed by atoms with E-state index >= 15 is 0 Å². The first kappa shape index (κ1) is 19.4. The predicted molar refractivity (Wildman–Crippen MR) is 101 cm³/mol. The Morgan fingerprint density at radius 3 is 2.11 bits per heavy atom. The van der Waals surface area contributed by atoms with Crippen molar-refractivity contribution in [2.24, 2.45) is 5.92 Å². The van der Waals surface area contributed by atoms with Crippen LogP contribution in [0.5, 0.6) is 0 Å². The predicted octanol–water partition coefficient (Wildman–Crippen LogP) is 3.19. The summed E-state index contributed by atoms with van der Waals surface area (Å²) in [4.78, 5) is 37.0. The smallest absolute Gasteiger partial charge is 0.338 e. The molecule has 6 nitrogen and oxygen atoms in total. The number of benzene rings is 2. The summed E-state index contributed by atoms with van der Waals surface area (Å²) in [5.41, 5.74) is -0.649. The second kappa shape index (κ2) is 8.08. The molecule has 2 aromatic carbocycles. The van der Waals surface area contributed by atoms with Gasteiger partial charge in [-0.05, 0) is 31.2 Å². The molecule has 0 radical (unpaired) electrons. The first-order valence-electron chi connectivity index (χ1n) is 8.79. The van der Waals surface area contributed by atoms with Crippen molar-refractivity contribution in [3.05, 3.63) is 84.4 Å². The van der Waals surface area contributed by atoms with E-state index in [9.17, 15) is 14.4 Å². The van der Waals surface area contributed by atoms with Crippen LogP contribution in [0.3, 0.4) is 0 Å². The molecule has 0 amide bonds. The summed E-state index contributed by atoms with van der Waals surface area (Å²) >= 11 is 0. The van der Waals surface area contributed by atoms with Gasteiger partial charge in [0.15, 0.2) is 11.7 Å². The zero-order valence-corrected chi connectivity index (χ0v) is 15.4. The quantitative estimate of drug-likeness (QED) is 0.435. The summed E-state index contributed by atoms with van der Waals surface area (Å²) < 4.78 is 16.3. The number of rotatable bonds is 6. The van der Waals surface area contributed by atoms with E-state index in [0.717, 1.165) is 0 Å². The number of ether oxygens (including phenoxy) is 3. The summed E-state index contributed by atoms with van der Waals surface area (Å²) in [5.74, 6) is -2.62. The van der Waals surface area contributed by atoms with Gasteiger partial charge in [-0.25, -0.2) is 9.59 Å². The molecule has 3 atom stereocenters. The molecular weight excluding hydrogens is 360 g/mol. The summed E-state index contributed by atoms with van der Waals surface area (Å²) in [6, 6.07) is 16.8. The molecule has 0 aromatic heterocycles. The minimum atomic E-state index is -1.36. The first-order chi connectivity index (χ1) is 13.5. The molecule has 1 fully saturated rings. The van der Waals surface area contributed by atoms with E-state index in [4.69, 9.17) is 14.2 Å². The Balaban J connectivity index is 1.76. The fraction of sp³-hybridized carbons (Fsp3) is 0.227. The summed E-state index contributed by atoms with van der Waals surface area (Å²) in [7, 11) is 0. The lowest BCUT2D eigenvalue weighted by Crippen LogP contribution is -2.47. The topological polar surface area (TPSA) is 78.9 Å². The van der Waals surface area contributed by atoms with Gasteiger partial charge in [0, 0.05) is 0 Å². The van der Waals surface area contributed by atoms with Gasteiger partial charge in [0.1, 0.15) is 12.5 Å². The van der Waals surface area contributed by atoms with E-state index in [1.807, 2.05) is 0 Å². The maximum Gasteiger partial charge on any atom is 0.338 e. The lowest BCUT2D eigenvalue weighted by molar-refractivity contribution is -0.145. The van der Waals surface area contributed by atoms with Gasteiger partial charge in [-0.1, -0.05) is 42.5 Å². The van der Waals surface area contributed by atoms with Gasteiger partial charge < -0.3 is 14.2 Å². The number of carbonyl (C=O) groups excluding carboxylic acids is 3. The second-order valence-corrected chi connectivity index (χ2v) is 6.54. The summed E-state index contributed by atoms with van der Waals surface area (Å²) in [5, 5.41) is 0. The van der Waals surface area contributed by atoms with E-state index in [-0.39, 0.29) is 6.61 Å². The largest absolute Gasteiger partial charge is 0.458 e. The van der Waals surface area contributed by atoms with Crippen LogP contribution in [-0.2, 0) is 19.0 Å². The molecule has 6 heteroatoms. The van der Waals surface area contributed by atoms with E-state index in [0.29, 0.717) is 11.1 Å².